The highest BCUT2D eigenvalue weighted by molar-refractivity contribution is 7.11. The summed E-state index contributed by atoms with van der Waals surface area (Å²) in [4.78, 5) is 22.1. The predicted octanol–water partition coefficient (Wildman–Crippen LogP) is 1.38. The van der Waals surface area contributed by atoms with Gasteiger partial charge in [-0.1, -0.05) is 0 Å². The molecule has 1 aromatic heterocycles. The molecule has 1 N–H and O–H groups in total. The number of carbonyl (C=O) groups excluding carboxylic acids is 1. The molecule has 0 spiro atoms. The molecule has 21 heavy (non-hydrogen) atoms. The molecule has 5 nitrogen and oxygen atoms in total. The number of halogens is 1. The van der Waals surface area contributed by atoms with E-state index in [0.29, 0.717) is 30.9 Å². The molecule has 3 heterocycles. The van der Waals surface area contributed by atoms with Crippen molar-refractivity contribution in [3.8, 4) is 0 Å². The normalized spacial score (nSPS) is 26.7. The second-order valence-corrected chi connectivity index (χ2v) is 6.18. The average Bonchev–Trinajstić information content (AvgIpc) is 3.10. The first-order valence-electron chi connectivity index (χ1n) is 6.96. The summed E-state index contributed by atoms with van der Waals surface area (Å²) in [6.07, 6.45) is 2.37. The zero-order valence-electron chi connectivity index (χ0n) is 11.8. The Kier molecular flexibility index (Phi) is 4.12. The van der Waals surface area contributed by atoms with Crippen LogP contribution in [-0.2, 0) is 4.79 Å². The van der Waals surface area contributed by atoms with Gasteiger partial charge < -0.3 is 5.32 Å². The molecule has 7 heteroatoms. The summed E-state index contributed by atoms with van der Waals surface area (Å²) in [5, 5.41) is 5.90. The maximum absolute atomic E-state index is 13.3. The Hall–Kier alpha value is -1.60. The van der Waals surface area contributed by atoms with Crippen molar-refractivity contribution >= 4 is 23.5 Å². The molecule has 0 radical (unpaired) electrons. The van der Waals surface area contributed by atoms with Crippen molar-refractivity contribution in [3.63, 3.8) is 0 Å². The van der Waals surface area contributed by atoms with E-state index in [2.05, 4.69) is 15.3 Å². The summed E-state index contributed by atoms with van der Waals surface area (Å²) in [5.74, 6) is 0.689. The Morgan fingerprint density at radius 2 is 2.48 bits per heavy atom. The second kappa shape index (κ2) is 6.03. The van der Waals surface area contributed by atoms with Gasteiger partial charge >= 0.3 is 0 Å². The summed E-state index contributed by atoms with van der Waals surface area (Å²) >= 11 is 1.50. The third-order valence-corrected chi connectivity index (χ3v) is 4.53. The smallest absolute Gasteiger partial charge is 0.162 e. The van der Waals surface area contributed by atoms with Gasteiger partial charge in [-0.2, -0.15) is 0 Å². The van der Waals surface area contributed by atoms with Gasteiger partial charge in [0.2, 0.25) is 0 Å². The lowest BCUT2D eigenvalue weighted by atomic mass is 10.1. The van der Waals surface area contributed by atoms with Gasteiger partial charge in [0.25, 0.3) is 0 Å². The Balaban J connectivity index is 1.80. The molecule has 0 aliphatic carbocycles. The SMILES string of the molecule is C[C@@H]1N=C(c2nccs2)NC(CN2CCC(F)C2)=C1C=O. The topological polar surface area (TPSA) is 57.6 Å². The number of hydrogen-bond acceptors (Lipinski definition) is 6. The van der Waals surface area contributed by atoms with Crippen molar-refractivity contribution in [1.29, 1.82) is 0 Å². The molecule has 3 rings (SSSR count). The Morgan fingerprint density at radius 3 is 3.10 bits per heavy atom. The fourth-order valence-corrected chi connectivity index (χ4v) is 3.25. The lowest BCUT2D eigenvalue weighted by molar-refractivity contribution is -0.105. The number of aromatic nitrogens is 1. The molecular formula is C14H17FN4OS. The summed E-state index contributed by atoms with van der Waals surface area (Å²) in [7, 11) is 0. The van der Waals surface area contributed by atoms with Gasteiger partial charge in [0.05, 0.1) is 6.04 Å². The number of aldehydes is 1. The minimum atomic E-state index is -0.765. The van der Waals surface area contributed by atoms with Gasteiger partial charge in [0.15, 0.2) is 10.8 Å². The lowest BCUT2D eigenvalue weighted by Gasteiger charge is -2.26. The molecular weight excluding hydrogens is 291 g/mol. The molecule has 0 bridgehead atoms. The molecule has 0 amide bonds. The lowest BCUT2D eigenvalue weighted by Crippen LogP contribution is -2.38. The minimum Gasteiger partial charge on any atom is -0.340 e. The van der Waals surface area contributed by atoms with Crippen LogP contribution in [0.1, 0.15) is 18.4 Å². The van der Waals surface area contributed by atoms with E-state index in [1.807, 2.05) is 17.2 Å². The monoisotopic (exact) mass is 308 g/mol. The van der Waals surface area contributed by atoms with Crippen molar-refractivity contribution in [2.24, 2.45) is 4.99 Å². The zero-order valence-corrected chi connectivity index (χ0v) is 12.6. The highest BCUT2D eigenvalue weighted by Crippen LogP contribution is 2.20. The van der Waals surface area contributed by atoms with E-state index >= 15 is 0 Å². The molecule has 1 fully saturated rings. The molecule has 1 saturated heterocycles. The van der Waals surface area contributed by atoms with E-state index in [9.17, 15) is 9.18 Å². The highest BCUT2D eigenvalue weighted by atomic mass is 32.1. The highest BCUT2D eigenvalue weighted by Gasteiger charge is 2.27. The number of nitrogens with zero attached hydrogens (tertiary/aromatic N) is 3. The number of aliphatic imine (C=N–C) groups is 1. The van der Waals surface area contributed by atoms with Crippen LogP contribution in [0.15, 0.2) is 27.8 Å². The number of rotatable bonds is 4. The van der Waals surface area contributed by atoms with Crippen LogP contribution >= 0.6 is 11.3 Å². The van der Waals surface area contributed by atoms with Crippen LogP contribution in [0.2, 0.25) is 0 Å². The number of alkyl halides is 1. The van der Waals surface area contributed by atoms with E-state index in [1.165, 1.54) is 11.3 Å². The van der Waals surface area contributed by atoms with E-state index in [-0.39, 0.29) is 6.04 Å². The van der Waals surface area contributed by atoms with E-state index in [1.54, 1.807) is 6.20 Å². The predicted molar refractivity (Wildman–Crippen MR) is 80.3 cm³/mol. The Labute approximate surface area is 126 Å². The first-order valence-corrected chi connectivity index (χ1v) is 7.84. The summed E-state index contributed by atoms with van der Waals surface area (Å²) in [5.41, 5.74) is 1.45. The largest absolute Gasteiger partial charge is 0.340 e. The van der Waals surface area contributed by atoms with Crippen LogP contribution in [0, 0.1) is 0 Å². The minimum absolute atomic E-state index is 0.207. The number of nitrogens with one attached hydrogen (secondary N) is 1. The van der Waals surface area contributed by atoms with Crippen molar-refractivity contribution < 1.29 is 9.18 Å². The maximum atomic E-state index is 13.3. The van der Waals surface area contributed by atoms with Crippen molar-refractivity contribution in [1.82, 2.24) is 15.2 Å². The molecule has 0 aromatic carbocycles. The van der Waals surface area contributed by atoms with Gasteiger partial charge in [-0.15, -0.1) is 11.3 Å². The van der Waals surface area contributed by atoms with E-state index < -0.39 is 6.17 Å². The fraction of sp³-hybridized carbons (Fsp3) is 0.500. The van der Waals surface area contributed by atoms with Gasteiger partial charge in [-0.3, -0.25) is 14.7 Å². The standard InChI is InChI=1S/C14H17FN4OS/c1-9-11(8-20)12(7-19-4-2-10(15)6-19)18-13(17-9)14-16-3-5-21-14/h3,5,8-10H,2,4,6-7H2,1H3,(H,17,18)/t9-,10?/m0/s1. The van der Waals surface area contributed by atoms with Crippen molar-refractivity contribution in [2.75, 3.05) is 19.6 Å². The third kappa shape index (κ3) is 3.03. The van der Waals surface area contributed by atoms with Crippen LogP contribution in [0.5, 0.6) is 0 Å². The zero-order chi connectivity index (χ0) is 14.8. The first kappa shape index (κ1) is 14.3. The van der Waals surface area contributed by atoms with Crippen LogP contribution in [0.25, 0.3) is 0 Å². The van der Waals surface area contributed by atoms with Crippen molar-refractivity contribution in [3.05, 3.63) is 27.9 Å². The van der Waals surface area contributed by atoms with Gasteiger partial charge in [-0.05, 0) is 13.3 Å². The van der Waals surface area contributed by atoms with Gasteiger partial charge in [0.1, 0.15) is 12.5 Å². The van der Waals surface area contributed by atoms with Gasteiger partial charge in [0, 0.05) is 42.5 Å². The molecule has 1 aromatic rings. The number of likely N-dealkylation sites (tertiary alicyclic amines) is 1. The number of hydrogen-bond donors (Lipinski definition) is 1. The molecule has 2 aliphatic rings. The van der Waals surface area contributed by atoms with Gasteiger partial charge in [-0.25, -0.2) is 9.37 Å². The van der Waals surface area contributed by atoms with Crippen LogP contribution in [-0.4, -0.2) is 53.9 Å². The van der Waals surface area contributed by atoms with Crippen LogP contribution in [0.3, 0.4) is 0 Å². The number of carbonyl (C=O) groups is 1. The molecule has 112 valence electrons. The molecule has 0 saturated carbocycles. The average molecular weight is 308 g/mol. The summed E-state index contributed by atoms with van der Waals surface area (Å²) in [6, 6.07) is -0.207. The molecule has 2 atom stereocenters. The number of amidine groups is 1. The van der Waals surface area contributed by atoms with E-state index in [4.69, 9.17) is 0 Å². The van der Waals surface area contributed by atoms with E-state index in [0.717, 1.165) is 23.5 Å². The van der Waals surface area contributed by atoms with Crippen LogP contribution in [0.4, 0.5) is 4.39 Å². The quantitative estimate of drug-likeness (QED) is 0.854. The Morgan fingerprint density at radius 1 is 1.62 bits per heavy atom. The third-order valence-electron chi connectivity index (χ3n) is 3.75. The van der Waals surface area contributed by atoms with Crippen LogP contribution < -0.4 is 5.32 Å². The molecule has 1 unspecified atom stereocenters. The maximum Gasteiger partial charge on any atom is 0.162 e. The fourth-order valence-electron chi connectivity index (χ4n) is 2.66. The first-order chi connectivity index (χ1) is 10.2. The second-order valence-electron chi connectivity index (χ2n) is 5.29. The molecule has 2 aliphatic heterocycles. The summed E-state index contributed by atoms with van der Waals surface area (Å²) < 4.78 is 13.3. The number of thiazole rings is 1. The summed E-state index contributed by atoms with van der Waals surface area (Å²) in [6.45, 7) is 3.58. The Bertz CT molecular complexity index is 584. The van der Waals surface area contributed by atoms with Crippen molar-refractivity contribution in [2.45, 2.75) is 25.6 Å².